The Bertz CT molecular complexity index is 2060. The molecule has 0 saturated heterocycles. The average molecular weight is 1160 g/mol. The first-order valence-corrected chi connectivity index (χ1v) is 33.4. The molecular weight excluding hydrogens is 1050 g/mol. The van der Waals surface area contributed by atoms with Gasteiger partial charge in [0.2, 0.25) is 0 Å². The molecule has 0 fully saturated rings. The Morgan fingerprint density at radius 2 is 0.627 bits per heavy atom. The zero-order valence-electron chi connectivity index (χ0n) is 51.8. The molecule has 464 valence electrons. The van der Waals surface area contributed by atoms with E-state index in [0.717, 1.165) is 154 Å². The van der Waals surface area contributed by atoms with Crippen LogP contribution in [0.1, 0.15) is 219 Å². The molecule has 0 aromatic rings. The van der Waals surface area contributed by atoms with Gasteiger partial charge in [0.05, 0.1) is 13.2 Å². The Hall–Kier alpha value is -5.15. The van der Waals surface area contributed by atoms with Crippen LogP contribution < -0.4 is 5.73 Å². The van der Waals surface area contributed by atoms with Gasteiger partial charge in [0.15, 0.2) is 6.10 Å². The molecule has 2 unspecified atom stereocenters. The van der Waals surface area contributed by atoms with Crippen LogP contribution in [0, 0.1) is 0 Å². The van der Waals surface area contributed by atoms with E-state index in [2.05, 4.69) is 208 Å². The van der Waals surface area contributed by atoms with Crippen molar-refractivity contribution in [2.45, 2.75) is 225 Å². The molecule has 0 aromatic heterocycles. The van der Waals surface area contributed by atoms with Crippen LogP contribution in [0.5, 0.6) is 0 Å². The minimum absolute atomic E-state index is 0.0371. The van der Waals surface area contributed by atoms with Crippen molar-refractivity contribution in [2.24, 2.45) is 5.73 Å². The highest BCUT2D eigenvalue weighted by Gasteiger charge is 2.26. The van der Waals surface area contributed by atoms with E-state index < -0.39 is 32.5 Å². The fourth-order valence-electron chi connectivity index (χ4n) is 7.84. The highest BCUT2D eigenvalue weighted by molar-refractivity contribution is 7.47. The van der Waals surface area contributed by atoms with Gasteiger partial charge in [-0.05, 0) is 141 Å². The summed E-state index contributed by atoms with van der Waals surface area (Å²) in [7, 11) is -4.41. The number of hydrogen-bond donors (Lipinski definition) is 2. The first kappa shape index (κ1) is 77.9. The fourth-order valence-corrected chi connectivity index (χ4v) is 8.61. The molecule has 2 atom stereocenters. The summed E-state index contributed by atoms with van der Waals surface area (Å²) < 4.78 is 33.0. The predicted molar refractivity (Wildman–Crippen MR) is 357 cm³/mol. The summed E-state index contributed by atoms with van der Waals surface area (Å²) in [6.07, 6.45) is 101. The van der Waals surface area contributed by atoms with Crippen molar-refractivity contribution in [3.8, 4) is 0 Å². The quantitative estimate of drug-likeness (QED) is 0.0264. The Morgan fingerprint density at radius 1 is 0.361 bits per heavy atom. The number of esters is 2. The molecule has 0 rings (SSSR count). The van der Waals surface area contributed by atoms with Crippen molar-refractivity contribution in [3.05, 3.63) is 194 Å². The second-order valence-electron chi connectivity index (χ2n) is 20.2. The fraction of sp³-hybridized carbons (Fsp3) is 0.534. The Morgan fingerprint density at radius 3 is 0.928 bits per heavy atom. The normalized spacial score (nSPS) is 14.3. The molecule has 83 heavy (non-hydrogen) atoms. The van der Waals surface area contributed by atoms with Crippen LogP contribution in [0.25, 0.3) is 0 Å². The molecule has 0 radical (unpaired) electrons. The van der Waals surface area contributed by atoms with Crippen LogP contribution in [0.2, 0.25) is 0 Å². The number of allylic oxidation sites excluding steroid dienone is 32. The van der Waals surface area contributed by atoms with Crippen LogP contribution in [0.3, 0.4) is 0 Å². The maximum Gasteiger partial charge on any atom is 0.472 e. The third-order valence-corrected chi connectivity index (χ3v) is 13.5. The monoisotopic (exact) mass is 1160 g/mol. The lowest BCUT2D eigenvalue weighted by molar-refractivity contribution is -0.161. The number of phosphoric acid groups is 1. The number of carbonyl (C=O) groups excluding carboxylic acids is 2. The highest BCUT2D eigenvalue weighted by atomic mass is 31.2. The van der Waals surface area contributed by atoms with Gasteiger partial charge in [0, 0.05) is 19.4 Å². The van der Waals surface area contributed by atoms with Gasteiger partial charge in [-0.1, -0.05) is 260 Å². The third-order valence-electron chi connectivity index (χ3n) is 12.5. The average Bonchev–Trinajstić information content (AvgIpc) is 3.48. The summed E-state index contributed by atoms with van der Waals surface area (Å²) in [5, 5.41) is 0. The lowest BCUT2D eigenvalue weighted by Gasteiger charge is -2.19. The minimum atomic E-state index is -4.41. The number of phosphoric ester groups is 1. The summed E-state index contributed by atoms with van der Waals surface area (Å²) >= 11 is 0. The molecule has 10 heteroatoms. The molecule has 9 nitrogen and oxygen atoms in total. The SMILES string of the molecule is CC/C=C\C/C=C\C/C=C\C/C=C\C/C=C\C/C=C\C/C=C\C/C=C\C/C=C\C/C=C\CCCCCCCCCCC(=O)OC(COC(=O)CCCCCC/C=C\C/C=C\C/C=C\C/C=C\C/C=C\C/C=C\CC)COP(=O)(O)OCCN. The van der Waals surface area contributed by atoms with Crippen molar-refractivity contribution in [3.63, 3.8) is 0 Å². The van der Waals surface area contributed by atoms with E-state index in [-0.39, 0.29) is 32.6 Å². The van der Waals surface area contributed by atoms with Gasteiger partial charge in [-0.2, -0.15) is 0 Å². The smallest absolute Gasteiger partial charge is 0.462 e. The first-order chi connectivity index (χ1) is 40.8. The largest absolute Gasteiger partial charge is 0.472 e. The number of carbonyl (C=O) groups is 2. The highest BCUT2D eigenvalue weighted by Crippen LogP contribution is 2.43. The number of ether oxygens (including phenoxy) is 2. The van der Waals surface area contributed by atoms with Crippen molar-refractivity contribution >= 4 is 19.8 Å². The molecule has 0 aliphatic carbocycles. The molecule has 0 spiro atoms. The second-order valence-corrected chi connectivity index (χ2v) is 21.6. The van der Waals surface area contributed by atoms with Crippen molar-refractivity contribution in [2.75, 3.05) is 26.4 Å². The van der Waals surface area contributed by atoms with E-state index in [1.54, 1.807) is 0 Å². The van der Waals surface area contributed by atoms with E-state index >= 15 is 0 Å². The molecule has 0 aliphatic heterocycles. The van der Waals surface area contributed by atoms with E-state index in [4.69, 9.17) is 24.3 Å². The van der Waals surface area contributed by atoms with Crippen LogP contribution in [-0.2, 0) is 32.7 Å². The Balaban J connectivity index is 4.07. The molecule has 0 aliphatic rings. The maximum absolute atomic E-state index is 12.7. The topological polar surface area (TPSA) is 134 Å². The molecule has 0 saturated carbocycles. The molecule has 0 amide bonds. The van der Waals surface area contributed by atoms with Crippen LogP contribution in [-0.4, -0.2) is 49.3 Å². The number of rotatable bonds is 57. The summed E-state index contributed by atoms with van der Waals surface area (Å²) in [5.41, 5.74) is 5.39. The van der Waals surface area contributed by atoms with E-state index in [9.17, 15) is 19.0 Å². The zero-order valence-corrected chi connectivity index (χ0v) is 52.7. The number of unbranched alkanes of at least 4 members (excludes halogenated alkanes) is 12. The van der Waals surface area contributed by atoms with Crippen molar-refractivity contribution in [1.29, 1.82) is 0 Å². The standard InChI is InChI=1S/C73H114NO8P/c1-3-5-7-9-11-13-15-17-19-21-23-25-27-28-29-30-31-32-33-34-35-36-37-38-39-40-41-42-44-46-48-50-52-54-56-58-60-62-64-66-73(76)82-71(70-81-83(77,78)80-68-67-74)69-79-72(75)65-63-61-59-57-55-53-51-49-47-45-43-26-24-22-20-18-16-14-12-10-8-6-4-2/h5-8,11-14,17-20,23-26,28-29,31-32,34-35,37-38,40-41,44-47,51,53,71H,3-4,9-10,15-16,21-22,27,30,33,36,39,42-43,48-50,52,54-70,74H2,1-2H3,(H,77,78)/b7-5-,8-6-,13-11-,14-12-,19-17-,20-18-,25-23-,26-24-,29-28-,32-31-,35-34-,38-37-,41-40-,46-44-,47-45-,53-51-. The van der Waals surface area contributed by atoms with Gasteiger partial charge in [0.1, 0.15) is 6.61 Å². The van der Waals surface area contributed by atoms with Crippen molar-refractivity contribution in [1.82, 2.24) is 0 Å². The second kappa shape index (κ2) is 66.0. The molecule has 3 N–H and O–H groups in total. The Kier molecular flexibility index (Phi) is 61.9. The Labute approximate surface area is 506 Å². The van der Waals surface area contributed by atoms with E-state index in [0.29, 0.717) is 12.8 Å². The van der Waals surface area contributed by atoms with E-state index in [1.165, 1.54) is 25.7 Å². The van der Waals surface area contributed by atoms with Gasteiger partial charge in [-0.3, -0.25) is 18.6 Å². The molecule has 0 aromatic carbocycles. The number of hydrogen-bond acceptors (Lipinski definition) is 8. The van der Waals surface area contributed by atoms with Gasteiger partial charge < -0.3 is 20.1 Å². The van der Waals surface area contributed by atoms with E-state index in [1.807, 2.05) is 0 Å². The molecule has 0 heterocycles. The zero-order chi connectivity index (χ0) is 60.1. The number of nitrogens with two attached hydrogens (primary N) is 1. The summed E-state index contributed by atoms with van der Waals surface area (Å²) in [5.74, 6) is -0.882. The summed E-state index contributed by atoms with van der Waals surface area (Å²) in [4.78, 5) is 35.3. The van der Waals surface area contributed by atoms with Gasteiger partial charge in [-0.25, -0.2) is 4.57 Å². The van der Waals surface area contributed by atoms with Gasteiger partial charge in [0.25, 0.3) is 0 Å². The molecule has 0 bridgehead atoms. The maximum atomic E-state index is 12.7. The predicted octanol–water partition coefficient (Wildman–Crippen LogP) is 21.0. The lowest BCUT2D eigenvalue weighted by atomic mass is 10.1. The van der Waals surface area contributed by atoms with Crippen LogP contribution in [0.15, 0.2) is 194 Å². The summed E-state index contributed by atoms with van der Waals surface area (Å²) in [6.45, 7) is 3.45. The minimum Gasteiger partial charge on any atom is -0.462 e. The van der Waals surface area contributed by atoms with Gasteiger partial charge in [-0.15, -0.1) is 0 Å². The summed E-state index contributed by atoms with van der Waals surface area (Å²) in [6, 6.07) is 0. The third kappa shape index (κ3) is 65.9. The van der Waals surface area contributed by atoms with Crippen LogP contribution >= 0.6 is 7.82 Å². The lowest BCUT2D eigenvalue weighted by Crippen LogP contribution is -2.29. The van der Waals surface area contributed by atoms with Crippen molar-refractivity contribution < 1.29 is 37.6 Å². The first-order valence-electron chi connectivity index (χ1n) is 31.9. The molecular formula is C73H114NO8P. The van der Waals surface area contributed by atoms with Gasteiger partial charge >= 0.3 is 19.8 Å². The van der Waals surface area contributed by atoms with Crippen LogP contribution in [0.4, 0.5) is 0 Å².